The zero-order chi connectivity index (χ0) is 14.8. The molecular formula is C16H16N2O2. The van der Waals surface area contributed by atoms with Crippen LogP contribution in [0.25, 0.3) is 15.6 Å². The van der Waals surface area contributed by atoms with Gasteiger partial charge in [-0.15, -0.1) is 0 Å². The normalized spacial score (nSPS) is 10.9. The number of carbonyl (C=O) groups is 1. The van der Waals surface area contributed by atoms with Gasteiger partial charge in [0.05, 0.1) is 6.57 Å². The van der Waals surface area contributed by atoms with Gasteiger partial charge in [-0.2, -0.15) is 0 Å². The molecule has 0 saturated heterocycles. The molecule has 0 spiro atoms. The minimum Gasteiger partial charge on any atom is -0.444 e. The molecule has 0 aromatic heterocycles. The zero-order valence-corrected chi connectivity index (χ0v) is 11.7. The first-order valence-electron chi connectivity index (χ1n) is 6.29. The predicted molar refractivity (Wildman–Crippen MR) is 80.1 cm³/mol. The quantitative estimate of drug-likeness (QED) is 0.759. The van der Waals surface area contributed by atoms with Crippen LogP contribution in [0.5, 0.6) is 0 Å². The summed E-state index contributed by atoms with van der Waals surface area (Å²) in [5.41, 5.74) is 0.749. The summed E-state index contributed by atoms with van der Waals surface area (Å²) >= 11 is 0. The topological polar surface area (TPSA) is 42.7 Å². The fourth-order valence-corrected chi connectivity index (χ4v) is 1.80. The summed E-state index contributed by atoms with van der Waals surface area (Å²) in [6.45, 7) is 12.4. The van der Waals surface area contributed by atoms with E-state index in [2.05, 4.69) is 10.2 Å². The molecule has 0 radical (unpaired) electrons. The largest absolute Gasteiger partial charge is 0.444 e. The molecule has 0 unspecified atom stereocenters. The molecule has 0 aliphatic carbocycles. The van der Waals surface area contributed by atoms with Crippen molar-refractivity contribution in [1.29, 1.82) is 0 Å². The molecule has 4 nitrogen and oxygen atoms in total. The number of fused-ring (bicyclic) bond motifs is 1. The molecule has 4 heteroatoms. The molecular weight excluding hydrogens is 252 g/mol. The average molecular weight is 268 g/mol. The Morgan fingerprint density at radius 2 is 1.80 bits per heavy atom. The number of hydrogen-bond acceptors (Lipinski definition) is 2. The van der Waals surface area contributed by atoms with Crippen molar-refractivity contribution >= 4 is 28.2 Å². The van der Waals surface area contributed by atoms with Crippen LogP contribution in [-0.4, -0.2) is 11.7 Å². The molecule has 0 aliphatic heterocycles. The Hall–Kier alpha value is -2.54. The number of hydrogen-bond donors (Lipinski definition) is 1. The highest BCUT2D eigenvalue weighted by atomic mass is 16.6. The van der Waals surface area contributed by atoms with E-state index in [9.17, 15) is 4.79 Å². The fraction of sp³-hybridized carbons (Fsp3) is 0.250. The van der Waals surface area contributed by atoms with Gasteiger partial charge in [0.15, 0.2) is 5.69 Å². The van der Waals surface area contributed by atoms with Gasteiger partial charge in [-0.3, -0.25) is 5.32 Å². The number of anilines is 1. The van der Waals surface area contributed by atoms with Crippen molar-refractivity contribution in [1.82, 2.24) is 0 Å². The van der Waals surface area contributed by atoms with Crippen LogP contribution in [0.15, 0.2) is 36.4 Å². The maximum absolute atomic E-state index is 11.7. The van der Waals surface area contributed by atoms with Crippen LogP contribution in [0, 0.1) is 6.57 Å². The van der Waals surface area contributed by atoms with Gasteiger partial charge < -0.3 is 4.74 Å². The van der Waals surface area contributed by atoms with Gasteiger partial charge in [0.25, 0.3) is 0 Å². The van der Waals surface area contributed by atoms with Crippen molar-refractivity contribution in [3.05, 3.63) is 47.8 Å². The first-order valence-corrected chi connectivity index (χ1v) is 6.29. The molecule has 0 bridgehead atoms. The maximum Gasteiger partial charge on any atom is 0.412 e. The number of nitrogens with zero attached hydrogens (tertiary/aromatic N) is 1. The number of rotatable bonds is 1. The molecule has 0 heterocycles. The van der Waals surface area contributed by atoms with Crippen molar-refractivity contribution < 1.29 is 9.53 Å². The van der Waals surface area contributed by atoms with E-state index in [1.54, 1.807) is 12.1 Å². The molecule has 20 heavy (non-hydrogen) atoms. The Morgan fingerprint density at radius 1 is 1.15 bits per heavy atom. The Kier molecular flexibility index (Phi) is 3.62. The monoisotopic (exact) mass is 268 g/mol. The molecule has 0 fully saturated rings. The lowest BCUT2D eigenvalue weighted by molar-refractivity contribution is 0.0636. The highest BCUT2D eigenvalue weighted by Crippen LogP contribution is 2.24. The fourth-order valence-electron chi connectivity index (χ4n) is 1.80. The Morgan fingerprint density at radius 3 is 2.45 bits per heavy atom. The van der Waals surface area contributed by atoms with Crippen LogP contribution < -0.4 is 5.32 Å². The van der Waals surface area contributed by atoms with Crippen LogP contribution >= 0.6 is 0 Å². The lowest BCUT2D eigenvalue weighted by Gasteiger charge is -2.19. The summed E-state index contributed by atoms with van der Waals surface area (Å²) in [6.07, 6.45) is -0.477. The molecule has 2 aromatic carbocycles. The van der Waals surface area contributed by atoms with E-state index < -0.39 is 11.7 Å². The second-order valence-corrected chi connectivity index (χ2v) is 5.48. The molecule has 2 aromatic rings. The minimum atomic E-state index is -0.522. The van der Waals surface area contributed by atoms with Gasteiger partial charge in [-0.05, 0) is 49.7 Å². The van der Waals surface area contributed by atoms with E-state index in [1.807, 2.05) is 45.0 Å². The van der Waals surface area contributed by atoms with Crippen molar-refractivity contribution in [3.8, 4) is 0 Å². The van der Waals surface area contributed by atoms with Gasteiger partial charge in [0.2, 0.25) is 0 Å². The molecule has 102 valence electrons. The lowest BCUT2D eigenvalue weighted by atomic mass is 10.1. The lowest BCUT2D eigenvalue weighted by Crippen LogP contribution is -2.27. The highest BCUT2D eigenvalue weighted by molar-refractivity contribution is 5.92. The summed E-state index contributed by atoms with van der Waals surface area (Å²) in [5, 5.41) is 4.63. The Balaban J connectivity index is 2.20. The third-order valence-corrected chi connectivity index (χ3v) is 2.60. The summed E-state index contributed by atoms with van der Waals surface area (Å²) in [4.78, 5) is 15.1. The first kappa shape index (κ1) is 13.9. The summed E-state index contributed by atoms with van der Waals surface area (Å²) in [6, 6.07) is 11.0. The van der Waals surface area contributed by atoms with Crippen LogP contribution in [0.3, 0.4) is 0 Å². The van der Waals surface area contributed by atoms with Gasteiger partial charge in [0.1, 0.15) is 5.60 Å². The zero-order valence-electron chi connectivity index (χ0n) is 11.7. The number of amides is 1. The number of ether oxygens (including phenoxy) is 1. The van der Waals surface area contributed by atoms with Crippen LogP contribution in [0.2, 0.25) is 0 Å². The van der Waals surface area contributed by atoms with E-state index in [0.29, 0.717) is 11.4 Å². The van der Waals surface area contributed by atoms with Gasteiger partial charge in [-0.1, -0.05) is 18.2 Å². The predicted octanol–water partition coefficient (Wildman–Crippen LogP) is 4.74. The maximum atomic E-state index is 11.7. The van der Waals surface area contributed by atoms with Crippen molar-refractivity contribution in [2.24, 2.45) is 0 Å². The molecule has 0 saturated carbocycles. The molecule has 1 N–H and O–H groups in total. The summed E-state index contributed by atoms with van der Waals surface area (Å²) < 4.78 is 5.20. The van der Waals surface area contributed by atoms with Crippen LogP contribution in [0.1, 0.15) is 20.8 Å². The van der Waals surface area contributed by atoms with Crippen LogP contribution in [-0.2, 0) is 4.74 Å². The summed E-state index contributed by atoms with van der Waals surface area (Å²) in [7, 11) is 0. The molecule has 1 amide bonds. The van der Waals surface area contributed by atoms with Crippen molar-refractivity contribution in [2.45, 2.75) is 26.4 Å². The van der Waals surface area contributed by atoms with Gasteiger partial charge in [-0.25, -0.2) is 9.64 Å². The van der Waals surface area contributed by atoms with Gasteiger partial charge in [0, 0.05) is 5.69 Å². The van der Waals surface area contributed by atoms with E-state index in [-0.39, 0.29) is 0 Å². The van der Waals surface area contributed by atoms with Gasteiger partial charge >= 0.3 is 6.09 Å². The molecule has 0 aliphatic rings. The van der Waals surface area contributed by atoms with Crippen molar-refractivity contribution in [2.75, 3.05) is 5.32 Å². The van der Waals surface area contributed by atoms with Crippen molar-refractivity contribution in [3.63, 3.8) is 0 Å². The highest BCUT2D eigenvalue weighted by Gasteiger charge is 2.16. The number of nitrogens with one attached hydrogen (secondary N) is 1. The average Bonchev–Trinajstić information content (AvgIpc) is 2.35. The second-order valence-electron chi connectivity index (χ2n) is 5.48. The smallest absolute Gasteiger partial charge is 0.412 e. The van der Waals surface area contributed by atoms with E-state index in [4.69, 9.17) is 11.3 Å². The van der Waals surface area contributed by atoms with Crippen LogP contribution in [0.4, 0.5) is 16.2 Å². The molecule has 2 rings (SSSR count). The second kappa shape index (κ2) is 5.22. The van der Waals surface area contributed by atoms with E-state index in [1.165, 1.54) is 0 Å². The minimum absolute atomic E-state index is 0.477. The standard InChI is InChI=1S/C16H16N2O2/c1-16(2,3)20-15(19)18-14-8-6-11-9-13(17-4)7-5-12(11)10-14/h5-10H,1-3H3,(H,18,19). The third-order valence-electron chi connectivity index (χ3n) is 2.60. The third kappa shape index (κ3) is 3.48. The number of benzene rings is 2. The molecule has 0 atom stereocenters. The first-order chi connectivity index (χ1) is 9.37. The number of carbonyl (C=O) groups excluding carboxylic acids is 1. The SMILES string of the molecule is [C-]#[N+]c1ccc2cc(NC(=O)OC(C)(C)C)ccc2c1. The Labute approximate surface area is 118 Å². The summed E-state index contributed by atoms with van der Waals surface area (Å²) in [5.74, 6) is 0. The Bertz CT molecular complexity index is 694. The van der Waals surface area contributed by atoms with E-state index >= 15 is 0 Å². The van der Waals surface area contributed by atoms with E-state index in [0.717, 1.165) is 10.8 Å².